The number of rotatable bonds is 14. The van der Waals surface area contributed by atoms with Crippen molar-refractivity contribution >= 4 is 41.4 Å². The van der Waals surface area contributed by atoms with Gasteiger partial charge in [-0.3, -0.25) is 19.2 Å². The number of amides is 4. The van der Waals surface area contributed by atoms with Gasteiger partial charge in [0.2, 0.25) is 23.6 Å². The number of hydrogen-bond donors (Lipinski definition) is 6. The van der Waals surface area contributed by atoms with Gasteiger partial charge in [0.15, 0.2) is 0 Å². The van der Waals surface area contributed by atoms with Crippen molar-refractivity contribution in [3.05, 3.63) is 35.9 Å². The standard InChI is InChI=1S/C23H33N5O6S/c1-35-11-9-16(21(31)28-18(23(33)34)13-19(24)29)26-22(32)17(12-14-6-3-2-4-7-14)27-20(30)15-8-5-10-25-15/h2-4,6-7,15-18,25H,5,8-13H2,1H3,(H2,24,29)(H,26,32)(H,27,30)(H,28,31)(H,33,34). The molecule has 0 aromatic heterocycles. The van der Waals surface area contributed by atoms with Crippen LogP contribution in [0.5, 0.6) is 0 Å². The third-order valence-electron chi connectivity index (χ3n) is 5.56. The largest absolute Gasteiger partial charge is 0.480 e. The van der Waals surface area contributed by atoms with E-state index in [1.807, 2.05) is 36.6 Å². The smallest absolute Gasteiger partial charge is 0.326 e. The lowest BCUT2D eigenvalue weighted by Gasteiger charge is -2.25. The molecule has 11 nitrogen and oxygen atoms in total. The van der Waals surface area contributed by atoms with Gasteiger partial charge in [-0.1, -0.05) is 30.3 Å². The summed E-state index contributed by atoms with van der Waals surface area (Å²) in [4.78, 5) is 61.4. The number of aliphatic carboxylic acids is 1. The Bertz CT molecular complexity index is 894. The van der Waals surface area contributed by atoms with Gasteiger partial charge in [0.1, 0.15) is 18.1 Å². The molecular weight excluding hydrogens is 474 g/mol. The van der Waals surface area contributed by atoms with Crippen LogP contribution >= 0.6 is 11.8 Å². The van der Waals surface area contributed by atoms with Crippen LogP contribution < -0.4 is 27.0 Å². The Labute approximate surface area is 208 Å². The van der Waals surface area contributed by atoms with Crippen molar-refractivity contribution in [3.63, 3.8) is 0 Å². The summed E-state index contributed by atoms with van der Waals surface area (Å²) >= 11 is 1.45. The molecule has 35 heavy (non-hydrogen) atoms. The number of carbonyl (C=O) groups excluding carboxylic acids is 4. The predicted molar refractivity (Wildman–Crippen MR) is 131 cm³/mol. The lowest BCUT2D eigenvalue weighted by Crippen LogP contribution is -2.57. The van der Waals surface area contributed by atoms with E-state index in [0.717, 1.165) is 18.5 Å². The second-order valence-corrected chi connectivity index (χ2v) is 9.30. The average Bonchev–Trinajstić information content (AvgIpc) is 3.36. The second-order valence-electron chi connectivity index (χ2n) is 8.31. The Morgan fingerprint density at radius 1 is 1.06 bits per heavy atom. The first-order valence-corrected chi connectivity index (χ1v) is 12.8. The number of benzene rings is 1. The molecule has 0 bridgehead atoms. The fourth-order valence-electron chi connectivity index (χ4n) is 3.69. The first-order chi connectivity index (χ1) is 16.7. The first-order valence-electron chi connectivity index (χ1n) is 11.4. The molecule has 1 heterocycles. The van der Waals surface area contributed by atoms with E-state index in [9.17, 15) is 29.1 Å². The predicted octanol–water partition coefficient (Wildman–Crippen LogP) is -0.851. The molecule has 1 saturated heterocycles. The van der Waals surface area contributed by atoms with Gasteiger partial charge in [-0.05, 0) is 43.4 Å². The Morgan fingerprint density at radius 2 is 1.71 bits per heavy atom. The van der Waals surface area contributed by atoms with Crippen molar-refractivity contribution in [2.24, 2.45) is 5.73 Å². The van der Waals surface area contributed by atoms with Crippen LogP contribution in [0.15, 0.2) is 30.3 Å². The highest BCUT2D eigenvalue weighted by molar-refractivity contribution is 7.98. The number of carboxylic acids is 1. The van der Waals surface area contributed by atoms with Crippen LogP contribution in [-0.2, 0) is 30.4 Å². The Kier molecular flexibility index (Phi) is 11.5. The topological polar surface area (TPSA) is 180 Å². The number of primary amides is 1. The van der Waals surface area contributed by atoms with E-state index in [-0.39, 0.29) is 24.8 Å². The van der Waals surface area contributed by atoms with Gasteiger partial charge in [-0.15, -0.1) is 0 Å². The highest BCUT2D eigenvalue weighted by atomic mass is 32.2. The Morgan fingerprint density at radius 3 is 2.29 bits per heavy atom. The van der Waals surface area contributed by atoms with E-state index in [1.54, 1.807) is 0 Å². The maximum atomic E-state index is 13.2. The number of hydrogen-bond acceptors (Lipinski definition) is 7. The van der Waals surface area contributed by atoms with E-state index in [2.05, 4.69) is 21.3 Å². The molecule has 1 aromatic carbocycles. The third-order valence-corrected chi connectivity index (χ3v) is 6.20. The molecule has 0 saturated carbocycles. The molecular formula is C23H33N5O6S. The molecule has 4 amide bonds. The SMILES string of the molecule is CSCCC(NC(=O)C(Cc1ccccc1)NC(=O)C1CCCN1)C(=O)NC(CC(N)=O)C(=O)O. The van der Waals surface area contributed by atoms with Gasteiger partial charge in [-0.2, -0.15) is 11.8 Å². The van der Waals surface area contributed by atoms with Gasteiger partial charge < -0.3 is 32.1 Å². The highest BCUT2D eigenvalue weighted by Gasteiger charge is 2.31. The summed E-state index contributed by atoms with van der Waals surface area (Å²) in [6.45, 7) is 0.723. The molecule has 1 aromatic rings. The Balaban J connectivity index is 2.16. The van der Waals surface area contributed by atoms with E-state index < -0.39 is 48.2 Å². The number of nitrogens with two attached hydrogens (primary N) is 1. The molecule has 0 spiro atoms. The quantitative estimate of drug-likeness (QED) is 0.188. The van der Waals surface area contributed by atoms with Crippen molar-refractivity contribution in [2.45, 2.75) is 56.3 Å². The summed E-state index contributed by atoms with van der Waals surface area (Å²) in [7, 11) is 0. The molecule has 0 aliphatic carbocycles. The van der Waals surface area contributed by atoms with Crippen molar-refractivity contribution < 1.29 is 29.1 Å². The van der Waals surface area contributed by atoms with Crippen LogP contribution in [0, 0.1) is 0 Å². The summed E-state index contributed by atoms with van der Waals surface area (Å²) in [6, 6.07) is 5.24. The summed E-state index contributed by atoms with van der Waals surface area (Å²) in [5.41, 5.74) is 5.91. The molecule has 1 aliphatic rings. The lowest BCUT2D eigenvalue weighted by atomic mass is 10.0. The molecule has 4 atom stereocenters. The number of carboxylic acid groups (broad SMARTS) is 1. The summed E-state index contributed by atoms with van der Waals surface area (Å²) in [5.74, 6) is -3.39. The zero-order valence-corrected chi connectivity index (χ0v) is 20.4. The zero-order chi connectivity index (χ0) is 25.8. The fraction of sp³-hybridized carbons (Fsp3) is 0.522. The van der Waals surface area contributed by atoms with Crippen molar-refractivity contribution in [1.29, 1.82) is 0 Å². The van der Waals surface area contributed by atoms with Gasteiger partial charge in [-0.25, -0.2) is 4.79 Å². The average molecular weight is 508 g/mol. The van der Waals surface area contributed by atoms with E-state index in [0.29, 0.717) is 12.2 Å². The Hall–Kier alpha value is -3.12. The van der Waals surface area contributed by atoms with E-state index >= 15 is 0 Å². The van der Waals surface area contributed by atoms with Crippen LogP contribution in [0.1, 0.15) is 31.2 Å². The van der Waals surface area contributed by atoms with Crippen LogP contribution in [-0.4, -0.2) is 77.4 Å². The minimum Gasteiger partial charge on any atom is -0.480 e. The molecule has 2 rings (SSSR count). The highest BCUT2D eigenvalue weighted by Crippen LogP contribution is 2.09. The minimum atomic E-state index is -1.51. The number of thioether (sulfide) groups is 1. The lowest BCUT2D eigenvalue weighted by molar-refractivity contribution is -0.143. The summed E-state index contributed by atoms with van der Waals surface area (Å²) in [6.07, 6.45) is 3.21. The molecule has 0 radical (unpaired) electrons. The monoisotopic (exact) mass is 507 g/mol. The molecule has 1 fully saturated rings. The van der Waals surface area contributed by atoms with Crippen LogP contribution in [0.2, 0.25) is 0 Å². The zero-order valence-electron chi connectivity index (χ0n) is 19.6. The van der Waals surface area contributed by atoms with Gasteiger partial charge in [0, 0.05) is 6.42 Å². The van der Waals surface area contributed by atoms with E-state index in [4.69, 9.17) is 5.73 Å². The fourth-order valence-corrected chi connectivity index (χ4v) is 4.16. The molecule has 1 aliphatic heterocycles. The molecule has 12 heteroatoms. The van der Waals surface area contributed by atoms with Gasteiger partial charge in [0.05, 0.1) is 12.5 Å². The summed E-state index contributed by atoms with van der Waals surface area (Å²) in [5, 5.41) is 20.1. The maximum Gasteiger partial charge on any atom is 0.326 e. The van der Waals surface area contributed by atoms with E-state index in [1.165, 1.54) is 11.8 Å². The van der Waals surface area contributed by atoms with Crippen LogP contribution in [0.3, 0.4) is 0 Å². The number of nitrogens with one attached hydrogen (secondary N) is 4. The van der Waals surface area contributed by atoms with Crippen molar-refractivity contribution in [1.82, 2.24) is 21.3 Å². The van der Waals surface area contributed by atoms with Gasteiger partial charge >= 0.3 is 5.97 Å². The number of carbonyl (C=O) groups is 5. The maximum absolute atomic E-state index is 13.2. The third kappa shape index (κ3) is 9.57. The summed E-state index contributed by atoms with van der Waals surface area (Å²) < 4.78 is 0. The molecule has 4 unspecified atom stereocenters. The minimum absolute atomic E-state index is 0.210. The first kappa shape index (κ1) is 28.1. The normalized spacial score (nSPS) is 17.6. The van der Waals surface area contributed by atoms with Crippen LogP contribution in [0.4, 0.5) is 0 Å². The second kappa shape index (κ2) is 14.3. The van der Waals surface area contributed by atoms with Crippen molar-refractivity contribution in [3.8, 4) is 0 Å². The molecule has 7 N–H and O–H groups in total. The van der Waals surface area contributed by atoms with Gasteiger partial charge in [0.25, 0.3) is 0 Å². The van der Waals surface area contributed by atoms with Crippen LogP contribution in [0.25, 0.3) is 0 Å². The van der Waals surface area contributed by atoms with Crippen molar-refractivity contribution in [2.75, 3.05) is 18.6 Å². The molecule has 192 valence electrons.